The number of thioether (sulfide) groups is 1. The molecule has 2 aromatic rings. The number of aromatic nitrogens is 2. The lowest BCUT2D eigenvalue weighted by Gasteiger charge is -2.16. The topological polar surface area (TPSA) is 64.9 Å². The van der Waals surface area contributed by atoms with E-state index >= 15 is 0 Å². The minimum Gasteiger partial charge on any atom is -0.420 e. The lowest BCUT2D eigenvalue weighted by molar-refractivity contribution is 0.527. The van der Waals surface area contributed by atoms with Crippen LogP contribution < -0.4 is 5.73 Å². The summed E-state index contributed by atoms with van der Waals surface area (Å²) in [6.07, 6.45) is 0. The van der Waals surface area contributed by atoms with Gasteiger partial charge in [0.05, 0.1) is 5.75 Å². The van der Waals surface area contributed by atoms with Crippen molar-refractivity contribution in [2.45, 2.75) is 25.1 Å². The Morgan fingerprint density at radius 1 is 1.22 bits per heavy atom. The van der Waals surface area contributed by atoms with E-state index in [0.717, 1.165) is 11.3 Å². The Morgan fingerprint density at radius 2 is 1.94 bits per heavy atom. The fourth-order valence-corrected chi connectivity index (χ4v) is 2.33. The molecule has 1 aromatic heterocycles. The van der Waals surface area contributed by atoms with Gasteiger partial charge in [-0.25, -0.2) is 0 Å². The Bertz CT molecular complexity index is 490. The summed E-state index contributed by atoms with van der Waals surface area (Å²) >= 11 is 1.70. The Labute approximate surface area is 111 Å². The highest BCUT2D eigenvalue weighted by Gasteiger charge is 2.12. The van der Waals surface area contributed by atoms with Gasteiger partial charge in [0.2, 0.25) is 11.8 Å². The van der Waals surface area contributed by atoms with E-state index in [1.54, 1.807) is 11.8 Å². The van der Waals surface area contributed by atoms with Gasteiger partial charge < -0.3 is 10.2 Å². The van der Waals surface area contributed by atoms with Crippen molar-refractivity contribution in [2.75, 3.05) is 5.75 Å². The molecule has 0 spiro atoms. The van der Waals surface area contributed by atoms with Crippen molar-refractivity contribution in [3.63, 3.8) is 0 Å². The van der Waals surface area contributed by atoms with E-state index < -0.39 is 0 Å². The smallest absolute Gasteiger partial charge is 0.247 e. The van der Waals surface area contributed by atoms with Crippen molar-refractivity contribution in [3.05, 3.63) is 36.2 Å². The predicted molar refractivity (Wildman–Crippen MR) is 74.2 cm³/mol. The van der Waals surface area contributed by atoms with Crippen LogP contribution in [-0.2, 0) is 5.75 Å². The molecular weight excluding hydrogens is 246 g/mol. The van der Waals surface area contributed by atoms with Crippen LogP contribution in [0.5, 0.6) is 0 Å². The molecule has 0 aliphatic rings. The third kappa shape index (κ3) is 3.85. The normalized spacial score (nSPS) is 11.7. The van der Waals surface area contributed by atoms with E-state index in [1.807, 2.05) is 44.2 Å². The first-order valence-corrected chi connectivity index (χ1v) is 6.94. The van der Waals surface area contributed by atoms with Crippen LogP contribution in [0.1, 0.15) is 19.7 Å². The van der Waals surface area contributed by atoms with Crippen molar-refractivity contribution < 1.29 is 4.42 Å². The van der Waals surface area contributed by atoms with E-state index in [-0.39, 0.29) is 5.54 Å². The maximum Gasteiger partial charge on any atom is 0.247 e. The molecule has 5 heteroatoms. The SMILES string of the molecule is CC(C)(N)CSCc1nnc(-c2ccccc2)o1. The Kier molecular flexibility index (Phi) is 4.04. The average molecular weight is 263 g/mol. The van der Waals surface area contributed by atoms with Crippen LogP contribution >= 0.6 is 11.8 Å². The van der Waals surface area contributed by atoms with Crippen molar-refractivity contribution in [2.24, 2.45) is 5.73 Å². The summed E-state index contributed by atoms with van der Waals surface area (Å²) in [4.78, 5) is 0. The summed E-state index contributed by atoms with van der Waals surface area (Å²) in [5.41, 5.74) is 6.68. The third-order valence-corrected chi connectivity index (χ3v) is 3.59. The van der Waals surface area contributed by atoms with Crippen LogP contribution in [0.15, 0.2) is 34.7 Å². The minimum absolute atomic E-state index is 0.174. The van der Waals surface area contributed by atoms with E-state index in [2.05, 4.69) is 10.2 Å². The second-order valence-corrected chi connectivity index (χ2v) is 5.83. The van der Waals surface area contributed by atoms with E-state index in [4.69, 9.17) is 10.2 Å². The zero-order valence-electron chi connectivity index (χ0n) is 10.6. The summed E-state index contributed by atoms with van der Waals surface area (Å²) in [5, 5.41) is 8.07. The van der Waals surface area contributed by atoms with Gasteiger partial charge in [0.1, 0.15) is 0 Å². The highest BCUT2D eigenvalue weighted by molar-refractivity contribution is 7.98. The zero-order valence-corrected chi connectivity index (χ0v) is 11.4. The molecule has 2 N–H and O–H groups in total. The number of nitrogens with two attached hydrogens (primary N) is 1. The fourth-order valence-electron chi connectivity index (χ4n) is 1.41. The molecule has 0 atom stereocenters. The first-order chi connectivity index (χ1) is 8.54. The van der Waals surface area contributed by atoms with Gasteiger partial charge in [-0.15, -0.1) is 10.2 Å². The minimum atomic E-state index is -0.174. The second kappa shape index (κ2) is 5.54. The first-order valence-electron chi connectivity index (χ1n) is 5.79. The van der Waals surface area contributed by atoms with Crippen molar-refractivity contribution in [3.8, 4) is 11.5 Å². The molecule has 0 bridgehead atoms. The van der Waals surface area contributed by atoms with E-state index in [0.29, 0.717) is 17.5 Å². The van der Waals surface area contributed by atoms with Crippen LogP contribution in [0, 0.1) is 0 Å². The summed E-state index contributed by atoms with van der Waals surface area (Å²) < 4.78 is 5.60. The molecule has 0 amide bonds. The maximum absolute atomic E-state index is 5.91. The largest absolute Gasteiger partial charge is 0.420 e. The zero-order chi connectivity index (χ0) is 13.0. The number of benzene rings is 1. The molecule has 0 unspecified atom stereocenters. The summed E-state index contributed by atoms with van der Waals surface area (Å²) in [7, 11) is 0. The van der Waals surface area contributed by atoms with Crippen LogP contribution in [0.25, 0.3) is 11.5 Å². The van der Waals surface area contributed by atoms with Crippen LogP contribution in [0.3, 0.4) is 0 Å². The lowest BCUT2D eigenvalue weighted by atomic mass is 10.1. The maximum atomic E-state index is 5.91. The van der Waals surface area contributed by atoms with Crippen LogP contribution in [-0.4, -0.2) is 21.5 Å². The van der Waals surface area contributed by atoms with Gasteiger partial charge in [0, 0.05) is 16.9 Å². The fraction of sp³-hybridized carbons (Fsp3) is 0.385. The van der Waals surface area contributed by atoms with Crippen molar-refractivity contribution in [1.82, 2.24) is 10.2 Å². The van der Waals surface area contributed by atoms with Gasteiger partial charge in [-0.05, 0) is 26.0 Å². The van der Waals surface area contributed by atoms with Crippen molar-refractivity contribution in [1.29, 1.82) is 0 Å². The molecule has 0 saturated heterocycles. The Hall–Kier alpha value is -1.33. The van der Waals surface area contributed by atoms with Gasteiger partial charge >= 0.3 is 0 Å². The third-order valence-electron chi connectivity index (χ3n) is 2.19. The molecule has 1 aromatic carbocycles. The lowest BCUT2D eigenvalue weighted by Crippen LogP contribution is -2.34. The highest BCUT2D eigenvalue weighted by atomic mass is 32.2. The van der Waals surface area contributed by atoms with Gasteiger partial charge in [0.25, 0.3) is 0 Å². The van der Waals surface area contributed by atoms with Crippen LogP contribution in [0.4, 0.5) is 0 Å². The Balaban J connectivity index is 1.95. The first kappa shape index (κ1) is 13.1. The summed E-state index contributed by atoms with van der Waals surface area (Å²) in [6, 6.07) is 9.76. The average Bonchev–Trinajstić information content (AvgIpc) is 2.77. The molecule has 0 aliphatic heterocycles. The highest BCUT2D eigenvalue weighted by Crippen LogP contribution is 2.20. The van der Waals surface area contributed by atoms with Crippen LogP contribution in [0.2, 0.25) is 0 Å². The standard InChI is InChI=1S/C13H17N3OS/c1-13(2,14)9-18-8-11-15-16-12(17-11)10-6-4-3-5-7-10/h3-7H,8-9,14H2,1-2H3. The molecule has 18 heavy (non-hydrogen) atoms. The van der Waals surface area contributed by atoms with Gasteiger partial charge in [-0.1, -0.05) is 18.2 Å². The molecule has 0 saturated carbocycles. The van der Waals surface area contributed by atoms with Gasteiger partial charge in [-0.2, -0.15) is 11.8 Å². The predicted octanol–water partition coefficient (Wildman–Crippen LogP) is 2.71. The van der Waals surface area contributed by atoms with Gasteiger partial charge in [-0.3, -0.25) is 0 Å². The molecular formula is C13H17N3OS. The molecule has 96 valence electrons. The van der Waals surface area contributed by atoms with Crippen molar-refractivity contribution >= 4 is 11.8 Å². The molecule has 0 fully saturated rings. The van der Waals surface area contributed by atoms with E-state index in [1.165, 1.54) is 0 Å². The Morgan fingerprint density at radius 3 is 2.61 bits per heavy atom. The van der Waals surface area contributed by atoms with E-state index in [9.17, 15) is 0 Å². The monoisotopic (exact) mass is 263 g/mol. The second-order valence-electron chi connectivity index (χ2n) is 4.85. The number of hydrogen-bond donors (Lipinski definition) is 1. The molecule has 0 radical (unpaired) electrons. The molecule has 4 nitrogen and oxygen atoms in total. The molecule has 2 rings (SSSR count). The number of rotatable bonds is 5. The van der Waals surface area contributed by atoms with Gasteiger partial charge in [0.15, 0.2) is 0 Å². The number of hydrogen-bond acceptors (Lipinski definition) is 5. The molecule has 0 aliphatic carbocycles. The quantitative estimate of drug-likeness (QED) is 0.898. The molecule has 1 heterocycles. The summed E-state index contributed by atoms with van der Waals surface area (Å²) in [6.45, 7) is 4.01. The number of nitrogens with zero attached hydrogens (tertiary/aromatic N) is 2. The summed E-state index contributed by atoms with van der Waals surface area (Å²) in [5.74, 6) is 2.76.